The van der Waals surface area contributed by atoms with E-state index in [1.165, 1.54) is 58.0 Å². The molecule has 0 radical (unpaired) electrons. The summed E-state index contributed by atoms with van der Waals surface area (Å²) in [5, 5.41) is 0. The molecule has 1 aliphatic heterocycles. The van der Waals surface area contributed by atoms with E-state index in [4.69, 9.17) is 0 Å². The van der Waals surface area contributed by atoms with Crippen molar-refractivity contribution in [1.29, 1.82) is 0 Å². The monoisotopic (exact) mass is 197 g/mol. The fraction of sp³-hybridized carbons (Fsp3) is 1.00. The maximum Gasteiger partial charge on any atom is 0.0204 e. The average molecular weight is 197 g/mol. The molecule has 0 spiro atoms. The third kappa shape index (κ3) is 2.50. The molecule has 1 heterocycles. The van der Waals surface area contributed by atoms with Crippen LogP contribution >= 0.6 is 0 Å². The van der Waals surface area contributed by atoms with Crippen LogP contribution in [0.15, 0.2) is 0 Å². The predicted octanol–water partition coefficient (Wildman–Crippen LogP) is 3.83. The van der Waals surface area contributed by atoms with Gasteiger partial charge in [-0.05, 0) is 45.2 Å². The molecule has 1 saturated heterocycles. The zero-order valence-corrected chi connectivity index (χ0v) is 10.3. The number of piperidine rings is 1. The molecule has 0 bridgehead atoms. The van der Waals surface area contributed by atoms with Gasteiger partial charge in [0.25, 0.3) is 0 Å². The third-order valence-corrected chi connectivity index (χ3v) is 4.06. The average Bonchev–Trinajstić information content (AvgIpc) is 2.27. The Morgan fingerprint density at radius 2 is 1.50 bits per heavy atom. The molecule has 0 atom stereocenters. The van der Waals surface area contributed by atoms with Crippen LogP contribution in [0.3, 0.4) is 0 Å². The summed E-state index contributed by atoms with van der Waals surface area (Å²) in [4.78, 5) is 2.78. The summed E-state index contributed by atoms with van der Waals surface area (Å²) in [6.45, 7) is 9.76. The SMILES string of the molecule is CCCC(CC)(CC)N1CCCCC1. The van der Waals surface area contributed by atoms with Crippen LogP contribution < -0.4 is 0 Å². The van der Waals surface area contributed by atoms with E-state index >= 15 is 0 Å². The molecule has 0 aromatic rings. The van der Waals surface area contributed by atoms with E-state index in [0.717, 1.165) is 0 Å². The zero-order valence-electron chi connectivity index (χ0n) is 10.3. The predicted molar refractivity (Wildman–Crippen MR) is 63.6 cm³/mol. The van der Waals surface area contributed by atoms with Gasteiger partial charge in [0.2, 0.25) is 0 Å². The van der Waals surface area contributed by atoms with Crippen LogP contribution in [0.5, 0.6) is 0 Å². The van der Waals surface area contributed by atoms with E-state index in [1.54, 1.807) is 0 Å². The molecule has 14 heavy (non-hydrogen) atoms. The first-order chi connectivity index (χ1) is 6.79. The first-order valence-electron chi connectivity index (χ1n) is 6.54. The molecule has 0 unspecified atom stereocenters. The first kappa shape index (κ1) is 12.0. The molecule has 0 aromatic carbocycles. The smallest absolute Gasteiger partial charge is 0.0204 e. The lowest BCUT2D eigenvalue weighted by Crippen LogP contribution is -2.50. The van der Waals surface area contributed by atoms with Crippen molar-refractivity contribution in [3.05, 3.63) is 0 Å². The van der Waals surface area contributed by atoms with Gasteiger partial charge in [-0.1, -0.05) is 33.6 Å². The summed E-state index contributed by atoms with van der Waals surface area (Å²) in [5.41, 5.74) is 0.537. The standard InChI is InChI=1S/C13H27N/c1-4-10-13(5-2,6-3)14-11-8-7-9-12-14/h4-12H2,1-3H3. The van der Waals surface area contributed by atoms with E-state index in [2.05, 4.69) is 25.7 Å². The maximum atomic E-state index is 2.78. The number of rotatable bonds is 5. The molecule has 0 N–H and O–H groups in total. The second kappa shape index (κ2) is 5.75. The Balaban J connectivity index is 2.62. The van der Waals surface area contributed by atoms with Crippen LogP contribution in [0.2, 0.25) is 0 Å². The fourth-order valence-electron chi connectivity index (χ4n) is 3.04. The molecule has 1 fully saturated rings. The van der Waals surface area contributed by atoms with Gasteiger partial charge in [-0.15, -0.1) is 0 Å². The minimum absolute atomic E-state index is 0.537. The van der Waals surface area contributed by atoms with Gasteiger partial charge < -0.3 is 0 Å². The Bertz CT molecular complexity index is 143. The van der Waals surface area contributed by atoms with Gasteiger partial charge >= 0.3 is 0 Å². The summed E-state index contributed by atoms with van der Waals surface area (Å²) in [7, 11) is 0. The Morgan fingerprint density at radius 1 is 0.929 bits per heavy atom. The Labute approximate surface area is 89.9 Å². The van der Waals surface area contributed by atoms with Crippen molar-refractivity contribution in [3.8, 4) is 0 Å². The normalized spacial score (nSPS) is 19.9. The van der Waals surface area contributed by atoms with Gasteiger partial charge in [-0.2, -0.15) is 0 Å². The molecule has 0 amide bonds. The lowest BCUT2D eigenvalue weighted by molar-refractivity contribution is 0.0499. The highest BCUT2D eigenvalue weighted by Gasteiger charge is 2.32. The van der Waals surface area contributed by atoms with Crippen molar-refractivity contribution in [3.63, 3.8) is 0 Å². The van der Waals surface area contributed by atoms with Gasteiger partial charge in [-0.25, -0.2) is 0 Å². The highest BCUT2D eigenvalue weighted by molar-refractivity contribution is 4.89. The molecule has 0 saturated carbocycles. The quantitative estimate of drug-likeness (QED) is 0.647. The first-order valence-corrected chi connectivity index (χ1v) is 6.54. The van der Waals surface area contributed by atoms with Gasteiger partial charge in [-0.3, -0.25) is 4.90 Å². The minimum Gasteiger partial charge on any atom is -0.298 e. The number of hydrogen-bond donors (Lipinski definition) is 0. The van der Waals surface area contributed by atoms with E-state index in [-0.39, 0.29) is 0 Å². The summed E-state index contributed by atoms with van der Waals surface area (Å²) < 4.78 is 0. The third-order valence-electron chi connectivity index (χ3n) is 4.06. The molecular weight excluding hydrogens is 170 g/mol. The Morgan fingerprint density at radius 3 is 1.93 bits per heavy atom. The van der Waals surface area contributed by atoms with Crippen molar-refractivity contribution in [2.24, 2.45) is 0 Å². The van der Waals surface area contributed by atoms with Crippen molar-refractivity contribution in [2.75, 3.05) is 13.1 Å². The topological polar surface area (TPSA) is 3.24 Å². The molecule has 0 aliphatic carbocycles. The highest BCUT2D eigenvalue weighted by atomic mass is 15.2. The Hall–Kier alpha value is -0.0400. The van der Waals surface area contributed by atoms with Crippen molar-refractivity contribution < 1.29 is 0 Å². The molecule has 1 aliphatic rings. The van der Waals surface area contributed by atoms with Crippen LogP contribution in [0.25, 0.3) is 0 Å². The summed E-state index contributed by atoms with van der Waals surface area (Å²) in [6, 6.07) is 0. The van der Waals surface area contributed by atoms with E-state index in [0.29, 0.717) is 5.54 Å². The van der Waals surface area contributed by atoms with Crippen molar-refractivity contribution in [1.82, 2.24) is 4.90 Å². The molecule has 1 heteroatoms. The second-order valence-corrected chi connectivity index (χ2v) is 4.73. The lowest BCUT2D eigenvalue weighted by atomic mass is 9.84. The highest BCUT2D eigenvalue weighted by Crippen LogP contribution is 2.31. The molecule has 84 valence electrons. The number of hydrogen-bond acceptors (Lipinski definition) is 1. The van der Waals surface area contributed by atoms with Gasteiger partial charge in [0.15, 0.2) is 0 Å². The molecule has 1 nitrogen and oxygen atoms in total. The summed E-state index contributed by atoms with van der Waals surface area (Å²) in [6.07, 6.45) is 9.68. The summed E-state index contributed by atoms with van der Waals surface area (Å²) in [5.74, 6) is 0. The largest absolute Gasteiger partial charge is 0.298 e. The van der Waals surface area contributed by atoms with Crippen LogP contribution in [0.4, 0.5) is 0 Å². The van der Waals surface area contributed by atoms with Gasteiger partial charge in [0.1, 0.15) is 0 Å². The van der Waals surface area contributed by atoms with E-state index < -0.39 is 0 Å². The molecule has 1 rings (SSSR count). The minimum atomic E-state index is 0.537. The number of likely N-dealkylation sites (tertiary alicyclic amines) is 1. The fourth-order valence-corrected chi connectivity index (χ4v) is 3.04. The van der Waals surface area contributed by atoms with Gasteiger partial charge in [0.05, 0.1) is 0 Å². The number of nitrogens with zero attached hydrogens (tertiary/aromatic N) is 1. The van der Waals surface area contributed by atoms with E-state index in [1.807, 2.05) is 0 Å². The van der Waals surface area contributed by atoms with Crippen LogP contribution in [0.1, 0.15) is 65.7 Å². The Kier molecular flexibility index (Phi) is 4.94. The molecular formula is C13H27N. The van der Waals surface area contributed by atoms with Crippen LogP contribution in [-0.2, 0) is 0 Å². The zero-order chi connectivity index (χ0) is 10.4. The second-order valence-electron chi connectivity index (χ2n) is 4.73. The maximum absolute atomic E-state index is 2.78. The van der Waals surface area contributed by atoms with Crippen LogP contribution in [0, 0.1) is 0 Å². The van der Waals surface area contributed by atoms with Crippen LogP contribution in [-0.4, -0.2) is 23.5 Å². The van der Waals surface area contributed by atoms with Crippen molar-refractivity contribution >= 4 is 0 Å². The lowest BCUT2D eigenvalue weighted by Gasteiger charge is -2.45. The molecule has 0 aromatic heterocycles. The van der Waals surface area contributed by atoms with Crippen molar-refractivity contribution in [2.45, 2.75) is 71.3 Å². The van der Waals surface area contributed by atoms with E-state index in [9.17, 15) is 0 Å². The van der Waals surface area contributed by atoms with Gasteiger partial charge in [0, 0.05) is 5.54 Å². The summed E-state index contributed by atoms with van der Waals surface area (Å²) >= 11 is 0.